The normalized spacial score (nSPS) is 15.5. The topological polar surface area (TPSA) is 26.0 Å². The van der Waals surface area contributed by atoms with Crippen molar-refractivity contribution in [2.45, 2.75) is 6.92 Å². The first-order chi connectivity index (χ1) is 9.28. The van der Waals surface area contributed by atoms with E-state index in [2.05, 4.69) is 61.5 Å². The Hall–Kier alpha value is -2.12. The third kappa shape index (κ3) is 2.25. The second-order valence-corrected chi connectivity index (χ2v) is 4.93. The summed E-state index contributed by atoms with van der Waals surface area (Å²) in [6, 6.07) is 17.0. The molecule has 94 valence electrons. The summed E-state index contributed by atoms with van der Waals surface area (Å²) in [5.41, 5.74) is 13.4. The number of hydrogen-bond acceptors (Lipinski definition) is 1. The average Bonchev–Trinajstić information content (AvgIpc) is 2.77. The molecule has 1 aliphatic rings. The van der Waals surface area contributed by atoms with Gasteiger partial charge in [0.05, 0.1) is 0 Å². The van der Waals surface area contributed by atoms with Crippen LogP contribution in [0.1, 0.15) is 22.3 Å². The third-order valence-corrected chi connectivity index (χ3v) is 3.50. The first kappa shape index (κ1) is 11.9. The Bertz CT molecular complexity index is 663. The van der Waals surface area contributed by atoms with Gasteiger partial charge in [0.25, 0.3) is 0 Å². The molecule has 0 spiro atoms. The molecular weight excluding hydrogens is 230 g/mol. The Morgan fingerprint density at radius 2 is 1.84 bits per heavy atom. The van der Waals surface area contributed by atoms with Crippen molar-refractivity contribution in [2.24, 2.45) is 5.73 Å². The third-order valence-electron chi connectivity index (χ3n) is 3.50. The highest BCUT2D eigenvalue weighted by Gasteiger charge is 2.17. The predicted octanol–water partition coefficient (Wildman–Crippen LogP) is 3.89. The van der Waals surface area contributed by atoms with Crippen LogP contribution in [0.3, 0.4) is 0 Å². The van der Waals surface area contributed by atoms with E-state index in [9.17, 15) is 0 Å². The van der Waals surface area contributed by atoms with Crippen molar-refractivity contribution in [1.82, 2.24) is 0 Å². The Labute approximate surface area is 114 Å². The van der Waals surface area contributed by atoms with Crippen molar-refractivity contribution in [3.8, 4) is 0 Å². The highest BCUT2D eigenvalue weighted by molar-refractivity contribution is 6.01. The monoisotopic (exact) mass is 247 g/mol. The molecule has 0 fully saturated rings. The number of aryl methyl sites for hydroxylation is 1. The quantitative estimate of drug-likeness (QED) is 0.856. The number of nitrogens with two attached hydrogens (primary N) is 1. The van der Waals surface area contributed by atoms with Crippen LogP contribution in [-0.4, -0.2) is 6.54 Å². The standard InChI is InChI=1S/C18H17N/c1-13-7-8-17-15(9-13)11-16(12-19)18(17)10-14-5-3-2-4-6-14/h2-11H,12,19H2,1H3/b18-10-. The van der Waals surface area contributed by atoms with Crippen LogP contribution < -0.4 is 5.73 Å². The summed E-state index contributed by atoms with van der Waals surface area (Å²) >= 11 is 0. The summed E-state index contributed by atoms with van der Waals surface area (Å²) in [5.74, 6) is 0. The molecule has 0 aromatic heterocycles. The minimum atomic E-state index is 0.576. The Morgan fingerprint density at radius 3 is 2.58 bits per heavy atom. The molecule has 0 saturated carbocycles. The molecule has 1 aliphatic carbocycles. The summed E-state index contributed by atoms with van der Waals surface area (Å²) in [7, 11) is 0. The van der Waals surface area contributed by atoms with Gasteiger partial charge in [0.15, 0.2) is 0 Å². The molecule has 0 unspecified atom stereocenters. The number of hydrogen-bond donors (Lipinski definition) is 1. The van der Waals surface area contributed by atoms with Crippen LogP contribution in [0, 0.1) is 6.92 Å². The first-order valence-electron chi connectivity index (χ1n) is 6.57. The van der Waals surface area contributed by atoms with E-state index in [0.717, 1.165) is 0 Å². The van der Waals surface area contributed by atoms with E-state index in [0.29, 0.717) is 6.54 Å². The van der Waals surface area contributed by atoms with Crippen molar-refractivity contribution >= 4 is 17.7 Å². The molecule has 3 rings (SSSR count). The summed E-state index contributed by atoms with van der Waals surface area (Å²) in [6.07, 6.45) is 4.43. The minimum absolute atomic E-state index is 0.576. The molecule has 0 saturated heterocycles. The second kappa shape index (κ2) is 4.87. The van der Waals surface area contributed by atoms with Crippen LogP contribution >= 0.6 is 0 Å². The van der Waals surface area contributed by atoms with Gasteiger partial charge in [0, 0.05) is 6.54 Å². The molecule has 0 heterocycles. The molecule has 2 aromatic rings. The highest BCUT2D eigenvalue weighted by Crippen LogP contribution is 2.36. The maximum Gasteiger partial charge on any atom is 0.0184 e. The molecule has 0 atom stereocenters. The fourth-order valence-electron chi connectivity index (χ4n) is 2.54. The molecule has 1 heteroatoms. The van der Waals surface area contributed by atoms with E-state index in [1.54, 1.807) is 0 Å². The Balaban J connectivity index is 2.12. The van der Waals surface area contributed by atoms with Gasteiger partial charge in [-0.1, -0.05) is 54.1 Å². The minimum Gasteiger partial charge on any atom is -0.326 e. The summed E-state index contributed by atoms with van der Waals surface area (Å²) in [6.45, 7) is 2.70. The fourth-order valence-corrected chi connectivity index (χ4v) is 2.54. The molecule has 1 nitrogen and oxygen atoms in total. The van der Waals surface area contributed by atoms with Crippen molar-refractivity contribution in [3.05, 3.63) is 76.4 Å². The van der Waals surface area contributed by atoms with Crippen LogP contribution in [0.2, 0.25) is 0 Å². The van der Waals surface area contributed by atoms with Gasteiger partial charge in [-0.25, -0.2) is 0 Å². The summed E-state index contributed by atoms with van der Waals surface area (Å²) in [4.78, 5) is 0. The van der Waals surface area contributed by atoms with E-state index in [1.165, 1.54) is 33.4 Å². The fraction of sp³-hybridized carbons (Fsp3) is 0.111. The van der Waals surface area contributed by atoms with E-state index >= 15 is 0 Å². The lowest BCUT2D eigenvalue weighted by molar-refractivity contribution is 1.21. The van der Waals surface area contributed by atoms with Crippen LogP contribution in [0.25, 0.3) is 17.7 Å². The van der Waals surface area contributed by atoms with Crippen molar-refractivity contribution in [2.75, 3.05) is 6.54 Å². The van der Waals surface area contributed by atoms with Crippen LogP contribution in [-0.2, 0) is 0 Å². The molecule has 2 aromatic carbocycles. The average molecular weight is 247 g/mol. The maximum absolute atomic E-state index is 5.89. The van der Waals surface area contributed by atoms with Gasteiger partial charge in [-0.3, -0.25) is 0 Å². The zero-order chi connectivity index (χ0) is 13.2. The van der Waals surface area contributed by atoms with Crippen molar-refractivity contribution < 1.29 is 0 Å². The van der Waals surface area contributed by atoms with E-state index < -0.39 is 0 Å². The number of benzene rings is 2. The molecule has 0 amide bonds. The van der Waals surface area contributed by atoms with Gasteiger partial charge >= 0.3 is 0 Å². The van der Waals surface area contributed by atoms with E-state index in [1.807, 2.05) is 6.07 Å². The molecular formula is C18H17N. The SMILES string of the molecule is Cc1ccc2c(c1)C=C(CN)/C2=C/c1ccccc1. The maximum atomic E-state index is 5.89. The zero-order valence-electron chi connectivity index (χ0n) is 11.1. The van der Waals surface area contributed by atoms with Gasteiger partial charge < -0.3 is 5.73 Å². The van der Waals surface area contributed by atoms with Crippen LogP contribution in [0.5, 0.6) is 0 Å². The van der Waals surface area contributed by atoms with Gasteiger partial charge in [0.1, 0.15) is 0 Å². The van der Waals surface area contributed by atoms with E-state index in [-0.39, 0.29) is 0 Å². The molecule has 0 bridgehead atoms. The Morgan fingerprint density at radius 1 is 1.05 bits per heavy atom. The zero-order valence-corrected chi connectivity index (χ0v) is 11.1. The second-order valence-electron chi connectivity index (χ2n) is 4.93. The molecule has 19 heavy (non-hydrogen) atoms. The lowest BCUT2D eigenvalue weighted by Crippen LogP contribution is -2.02. The van der Waals surface area contributed by atoms with E-state index in [4.69, 9.17) is 5.73 Å². The molecule has 0 radical (unpaired) electrons. The van der Waals surface area contributed by atoms with Crippen LogP contribution in [0.15, 0.2) is 54.1 Å². The first-order valence-corrected chi connectivity index (χ1v) is 6.57. The lowest BCUT2D eigenvalue weighted by Gasteiger charge is -2.06. The molecule has 2 N–H and O–H groups in total. The van der Waals surface area contributed by atoms with Crippen molar-refractivity contribution in [1.29, 1.82) is 0 Å². The van der Waals surface area contributed by atoms with Gasteiger partial charge in [-0.2, -0.15) is 0 Å². The largest absolute Gasteiger partial charge is 0.326 e. The molecule has 0 aliphatic heterocycles. The van der Waals surface area contributed by atoms with Gasteiger partial charge in [-0.15, -0.1) is 0 Å². The predicted molar refractivity (Wildman–Crippen MR) is 82.5 cm³/mol. The highest BCUT2D eigenvalue weighted by atomic mass is 14.5. The van der Waals surface area contributed by atoms with Crippen molar-refractivity contribution in [3.63, 3.8) is 0 Å². The summed E-state index contributed by atoms with van der Waals surface area (Å²) < 4.78 is 0. The Kier molecular flexibility index (Phi) is 3.06. The number of rotatable bonds is 2. The smallest absolute Gasteiger partial charge is 0.0184 e. The van der Waals surface area contributed by atoms with Gasteiger partial charge in [-0.05, 0) is 46.9 Å². The van der Waals surface area contributed by atoms with Gasteiger partial charge in [0.2, 0.25) is 0 Å². The summed E-state index contributed by atoms with van der Waals surface area (Å²) in [5, 5.41) is 0. The number of fused-ring (bicyclic) bond motifs is 1. The lowest BCUT2D eigenvalue weighted by atomic mass is 9.99. The van der Waals surface area contributed by atoms with Crippen LogP contribution in [0.4, 0.5) is 0 Å².